The monoisotopic (exact) mass is 328 g/mol. The van der Waals surface area contributed by atoms with Crippen molar-refractivity contribution >= 4 is 21.0 Å². The van der Waals surface area contributed by atoms with Gasteiger partial charge in [-0.2, -0.15) is 0 Å². The maximum Gasteiger partial charge on any atom is 0.175 e. The molecule has 0 aliphatic heterocycles. The molecule has 3 nitrogen and oxygen atoms in total. The van der Waals surface area contributed by atoms with Crippen molar-refractivity contribution in [3.63, 3.8) is 0 Å². The van der Waals surface area contributed by atoms with Crippen molar-refractivity contribution in [2.75, 3.05) is 6.26 Å². The third kappa shape index (κ3) is 2.62. The normalized spacial score (nSPS) is 20.3. The molecule has 1 unspecified atom stereocenters. The standard InChI is InChI=1S/C19H20O3S/c1-19(2)17(14-9-11-15(12-10-14)23(3,21)22)16(18(19)20)13-7-5-4-6-8-13/h4-12,18,20H,1-3H3. The van der Waals surface area contributed by atoms with Crippen LogP contribution in [-0.4, -0.2) is 25.9 Å². The van der Waals surface area contributed by atoms with E-state index in [1.165, 1.54) is 6.26 Å². The molecule has 1 N–H and O–H groups in total. The Bertz CT molecular complexity index is 861. The molecule has 2 aromatic rings. The summed E-state index contributed by atoms with van der Waals surface area (Å²) < 4.78 is 23.2. The molecule has 0 radical (unpaired) electrons. The Morgan fingerprint density at radius 1 is 0.913 bits per heavy atom. The van der Waals surface area contributed by atoms with Gasteiger partial charge in [0, 0.05) is 11.7 Å². The average molecular weight is 328 g/mol. The maximum atomic E-state index is 11.6. The number of sulfone groups is 1. The molecule has 120 valence electrons. The van der Waals surface area contributed by atoms with Crippen molar-refractivity contribution < 1.29 is 13.5 Å². The number of aliphatic hydroxyl groups excluding tert-OH is 1. The zero-order valence-corrected chi connectivity index (χ0v) is 14.3. The van der Waals surface area contributed by atoms with Crippen LogP contribution >= 0.6 is 0 Å². The zero-order valence-electron chi connectivity index (χ0n) is 13.4. The molecule has 1 aliphatic carbocycles. The van der Waals surface area contributed by atoms with Gasteiger partial charge in [-0.25, -0.2) is 8.42 Å². The van der Waals surface area contributed by atoms with E-state index in [2.05, 4.69) is 0 Å². The van der Waals surface area contributed by atoms with Gasteiger partial charge in [0.25, 0.3) is 0 Å². The topological polar surface area (TPSA) is 54.4 Å². The van der Waals surface area contributed by atoms with Gasteiger partial charge in [-0.05, 0) is 34.4 Å². The lowest BCUT2D eigenvalue weighted by Crippen LogP contribution is -2.41. The molecule has 0 spiro atoms. The lowest BCUT2D eigenvalue weighted by Gasteiger charge is -2.46. The van der Waals surface area contributed by atoms with E-state index in [4.69, 9.17) is 0 Å². The van der Waals surface area contributed by atoms with Crippen molar-refractivity contribution in [1.82, 2.24) is 0 Å². The minimum Gasteiger partial charge on any atom is -0.387 e. The van der Waals surface area contributed by atoms with E-state index in [1.54, 1.807) is 12.1 Å². The Morgan fingerprint density at radius 2 is 1.48 bits per heavy atom. The van der Waals surface area contributed by atoms with Crippen LogP contribution in [0.2, 0.25) is 0 Å². The van der Waals surface area contributed by atoms with Crippen LogP contribution < -0.4 is 0 Å². The smallest absolute Gasteiger partial charge is 0.175 e. The largest absolute Gasteiger partial charge is 0.387 e. The van der Waals surface area contributed by atoms with Crippen LogP contribution in [0, 0.1) is 5.41 Å². The minimum absolute atomic E-state index is 0.306. The van der Waals surface area contributed by atoms with Gasteiger partial charge in [0.1, 0.15) is 0 Å². The van der Waals surface area contributed by atoms with Crippen molar-refractivity contribution in [3.05, 3.63) is 65.7 Å². The van der Waals surface area contributed by atoms with E-state index in [0.29, 0.717) is 4.90 Å². The SMILES string of the molecule is CC1(C)C(c2ccc(S(C)(=O)=O)cc2)=C(c2ccccc2)C1O. The fourth-order valence-corrected chi connectivity index (χ4v) is 3.85. The Labute approximate surface area is 137 Å². The summed E-state index contributed by atoms with van der Waals surface area (Å²) in [5.41, 5.74) is 3.57. The van der Waals surface area contributed by atoms with Gasteiger partial charge in [-0.15, -0.1) is 0 Å². The molecule has 0 saturated carbocycles. The van der Waals surface area contributed by atoms with Gasteiger partial charge in [0.05, 0.1) is 11.0 Å². The van der Waals surface area contributed by atoms with Crippen LogP contribution in [0.4, 0.5) is 0 Å². The summed E-state index contributed by atoms with van der Waals surface area (Å²) in [5.74, 6) is 0. The molecule has 2 aromatic carbocycles. The number of hydrogen-bond donors (Lipinski definition) is 1. The molecule has 0 aromatic heterocycles. The molecule has 0 bridgehead atoms. The van der Waals surface area contributed by atoms with E-state index in [9.17, 15) is 13.5 Å². The highest BCUT2D eigenvalue weighted by molar-refractivity contribution is 7.90. The molecule has 0 amide bonds. The quantitative estimate of drug-likeness (QED) is 0.939. The summed E-state index contributed by atoms with van der Waals surface area (Å²) in [6.07, 6.45) is 0.669. The highest BCUT2D eigenvalue weighted by atomic mass is 32.2. The van der Waals surface area contributed by atoms with Crippen LogP contribution in [0.5, 0.6) is 0 Å². The first-order valence-corrected chi connectivity index (χ1v) is 9.40. The zero-order chi connectivity index (χ0) is 16.8. The summed E-state index contributed by atoms with van der Waals surface area (Å²) in [6.45, 7) is 4.01. The average Bonchev–Trinajstić information content (AvgIpc) is 2.52. The molecule has 23 heavy (non-hydrogen) atoms. The molecule has 0 heterocycles. The Morgan fingerprint density at radius 3 is 2.00 bits per heavy atom. The van der Waals surface area contributed by atoms with Gasteiger partial charge < -0.3 is 5.11 Å². The van der Waals surface area contributed by atoms with Crippen LogP contribution in [0.25, 0.3) is 11.1 Å². The van der Waals surface area contributed by atoms with E-state index in [-0.39, 0.29) is 5.41 Å². The van der Waals surface area contributed by atoms with Crippen molar-refractivity contribution in [2.45, 2.75) is 24.8 Å². The van der Waals surface area contributed by atoms with Gasteiger partial charge in [0.2, 0.25) is 0 Å². The third-order valence-electron chi connectivity index (χ3n) is 4.53. The molecular formula is C19H20O3S. The predicted octanol–water partition coefficient (Wildman–Crippen LogP) is 3.40. The lowest BCUT2D eigenvalue weighted by atomic mass is 9.60. The first kappa shape index (κ1) is 16.0. The van der Waals surface area contributed by atoms with E-state index in [1.807, 2.05) is 56.3 Å². The summed E-state index contributed by atoms with van der Waals surface area (Å²) >= 11 is 0. The highest BCUT2D eigenvalue weighted by Gasteiger charge is 2.46. The Kier molecular flexibility index (Phi) is 3.69. The second-order valence-corrected chi connectivity index (χ2v) is 8.59. The number of hydrogen-bond acceptors (Lipinski definition) is 3. The van der Waals surface area contributed by atoms with Gasteiger partial charge >= 0.3 is 0 Å². The first-order valence-electron chi connectivity index (χ1n) is 7.51. The first-order chi connectivity index (χ1) is 10.7. The second kappa shape index (κ2) is 5.32. The van der Waals surface area contributed by atoms with Crippen molar-refractivity contribution in [1.29, 1.82) is 0 Å². The van der Waals surface area contributed by atoms with Crippen molar-refractivity contribution in [3.8, 4) is 0 Å². The fraction of sp³-hybridized carbons (Fsp3) is 0.263. The predicted molar refractivity (Wildman–Crippen MR) is 92.6 cm³/mol. The summed E-state index contributed by atoms with van der Waals surface area (Å²) in [6, 6.07) is 16.7. The van der Waals surface area contributed by atoms with Gasteiger partial charge in [-0.1, -0.05) is 56.3 Å². The molecule has 0 saturated heterocycles. The molecular weight excluding hydrogens is 308 g/mol. The summed E-state index contributed by atoms with van der Waals surface area (Å²) in [5, 5.41) is 10.6. The fourth-order valence-electron chi connectivity index (χ4n) is 3.22. The van der Waals surface area contributed by atoms with Gasteiger partial charge in [0.15, 0.2) is 9.84 Å². The van der Waals surface area contributed by atoms with E-state index < -0.39 is 15.9 Å². The number of aliphatic hydroxyl groups is 1. The molecule has 1 atom stereocenters. The molecule has 4 heteroatoms. The number of rotatable bonds is 3. The lowest BCUT2D eigenvalue weighted by molar-refractivity contribution is 0.122. The minimum atomic E-state index is -3.20. The Hall–Kier alpha value is -1.91. The Balaban J connectivity index is 2.13. The summed E-state index contributed by atoms with van der Waals surface area (Å²) in [4.78, 5) is 0.306. The summed E-state index contributed by atoms with van der Waals surface area (Å²) in [7, 11) is -3.20. The van der Waals surface area contributed by atoms with Crippen molar-refractivity contribution in [2.24, 2.45) is 5.41 Å². The molecule has 3 rings (SSSR count). The van der Waals surface area contributed by atoms with E-state index >= 15 is 0 Å². The van der Waals surface area contributed by atoms with Crippen LogP contribution in [0.15, 0.2) is 59.5 Å². The number of benzene rings is 2. The molecule has 0 fully saturated rings. The second-order valence-electron chi connectivity index (χ2n) is 6.58. The third-order valence-corrected chi connectivity index (χ3v) is 5.66. The van der Waals surface area contributed by atoms with Crippen LogP contribution in [-0.2, 0) is 9.84 Å². The maximum absolute atomic E-state index is 11.6. The van der Waals surface area contributed by atoms with Crippen LogP contribution in [0.3, 0.4) is 0 Å². The van der Waals surface area contributed by atoms with Crippen LogP contribution in [0.1, 0.15) is 25.0 Å². The molecule has 1 aliphatic rings. The van der Waals surface area contributed by atoms with E-state index in [0.717, 1.165) is 22.3 Å². The van der Waals surface area contributed by atoms with Gasteiger partial charge in [-0.3, -0.25) is 0 Å². The highest BCUT2D eigenvalue weighted by Crippen LogP contribution is 2.55.